The number of para-hydroxylation sites is 2. The number of hydrogen-bond acceptors (Lipinski definition) is 10. The summed E-state index contributed by atoms with van der Waals surface area (Å²) in [5, 5.41) is 25.7. The Kier molecular flexibility index (Phi) is 10.5. The number of nitrogens with zero attached hydrogens (tertiary/aromatic N) is 2. The van der Waals surface area contributed by atoms with E-state index in [2.05, 4.69) is 0 Å². The molecule has 0 aliphatic carbocycles. The van der Waals surface area contributed by atoms with Gasteiger partial charge in [0.1, 0.15) is 22.7 Å². The maximum Gasteiger partial charge on any atom is 0.344 e. The van der Waals surface area contributed by atoms with Crippen molar-refractivity contribution in [1.82, 2.24) is 0 Å². The van der Waals surface area contributed by atoms with Crippen LogP contribution in [0.5, 0.6) is 11.5 Å². The molecule has 0 saturated carbocycles. The first-order chi connectivity index (χ1) is 30.3. The predicted octanol–water partition coefficient (Wildman–Crippen LogP) is 10.0. The van der Waals surface area contributed by atoms with Gasteiger partial charge < -0.3 is 18.3 Å². The van der Waals surface area contributed by atoms with Crippen LogP contribution in [-0.4, -0.2) is 21.9 Å². The lowest BCUT2D eigenvalue weighted by atomic mass is 9.82. The molecule has 2 aliphatic heterocycles. The van der Waals surface area contributed by atoms with E-state index >= 15 is 0 Å². The van der Waals surface area contributed by atoms with Crippen molar-refractivity contribution in [2.45, 2.75) is 23.9 Å². The fourth-order valence-corrected chi connectivity index (χ4v) is 8.16. The Bertz CT molecular complexity index is 2930. The summed E-state index contributed by atoms with van der Waals surface area (Å²) in [7, 11) is 0. The van der Waals surface area contributed by atoms with Gasteiger partial charge in [-0.25, -0.2) is 9.59 Å². The summed E-state index contributed by atoms with van der Waals surface area (Å²) >= 11 is 0. The number of benzene rings is 6. The smallest absolute Gasteiger partial charge is 0.344 e. The van der Waals surface area contributed by atoms with E-state index in [4.69, 9.17) is 18.3 Å². The van der Waals surface area contributed by atoms with Gasteiger partial charge in [-0.3, -0.25) is 20.2 Å². The normalized spacial score (nSPS) is 19.0. The first-order valence-electron chi connectivity index (χ1n) is 19.6. The van der Waals surface area contributed by atoms with Crippen LogP contribution in [0.2, 0.25) is 0 Å². The summed E-state index contributed by atoms with van der Waals surface area (Å²) in [6.07, 6.45) is 3.32. The number of fused-ring (bicyclic) bond motifs is 6. The van der Waals surface area contributed by atoms with Crippen molar-refractivity contribution in [3.8, 4) is 11.5 Å². The van der Waals surface area contributed by atoms with Crippen molar-refractivity contribution in [3.05, 3.63) is 256 Å². The lowest BCUT2D eigenvalue weighted by molar-refractivity contribution is -0.519. The Labute approximate surface area is 352 Å². The molecule has 4 atom stereocenters. The van der Waals surface area contributed by atoms with Crippen LogP contribution in [0.1, 0.15) is 45.2 Å². The molecule has 0 unspecified atom stereocenters. The molecule has 0 spiro atoms. The quantitative estimate of drug-likeness (QED) is 0.0895. The van der Waals surface area contributed by atoms with E-state index in [1.165, 1.54) is 0 Å². The van der Waals surface area contributed by atoms with Crippen molar-refractivity contribution in [1.29, 1.82) is 0 Å². The van der Waals surface area contributed by atoms with Crippen molar-refractivity contribution in [2.24, 2.45) is 0 Å². The van der Waals surface area contributed by atoms with E-state index in [0.717, 1.165) is 11.1 Å². The average Bonchev–Trinajstić information content (AvgIpc) is 3.29. The van der Waals surface area contributed by atoms with E-state index < -0.39 is 45.0 Å². The zero-order valence-electron chi connectivity index (χ0n) is 32.6. The van der Waals surface area contributed by atoms with Crippen LogP contribution >= 0.6 is 0 Å². The Morgan fingerprint density at radius 1 is 0.435 bits per heavy atom. The molecule has 0 N–H and O–H groups in total. The van der Waals surface area contributed by atoms with Crippen molar-refractivity contribution in [3.63, 3.8) is 0 Å². The highest BCUT2D eigenvalue weighted by molar-refractivity contribution is 5.87. The van der Waals surface area contributed by atoms with E-state index in [1.807, 2.05) is 84.9 Å². The van der Waals surface area contributed by atoms with Gasteiger partial charge in [-0.05, 0) is 58.7 Å². The minimum absolute atomic E-state index is 0.164. The van der Waals surface area contributed by atoms with Crippen LogP contribution in [0.15, 0.2) is 200 Å². The first kappa shape index (κ1) is 39.1. The van der Waals surface area contributed by atoms with Crippen molar-refractivity contribution >= 4 is 34.1 Å². The van der Waals surface area contributed by atoms with E-state index in [0.29, 0.717) is 44.6 Å². The second-order valence-electron chi connectivity index (χ2n) is 14.6. The van der Waals surface area contributed by atoms with Gasteiger partial charge in [-0.15, -0.1) is 0 Å². The lowest BCUT2D eigenvalue weighted by Gasteiger charge is -2.30. The standard InChI is InChI=1S/2C25H17NO5/c2*27-25-22-21(17-11-5-2-6-12-17)23(26(28)29)20(15-16-9-3-1-4-10-16)30-24(22)18-13-7-8-14-19(18)31-25/h2*1-15,21,23H/b2*20-15-/t2*21-,23-/m10/s1. The number of hydrogen-bond donors (Lipinski definition) is 0. The van der Waals surface area contributed by atoms with Gasteiger partial charge in [0.2, 0.25) is 0 Å². The topological polar surface area (TPSA) is 165 Å². The van der Waals surface area contributed by atoms with E-state index in [9.17, 15) is 29.8 Å². The lowest BCUT2D eigenvalue weighted by Crippen LogP contribution is -2.39. The van der Waals surface area contributed by atoms with Gasteiger partial charge in [-0.2, -0.15) is 0 Å². The number of rotatable bonds is 6. The molecule has 304 valence electrons. The van der Waals surface area contributed by atoms with Crippen molar-refractivity contribution < 1.29 is 28.2 Å². The molecule has 12 nitrogen and oxygen atoms in total. The molecular formula is C50H34N2O10. The maximum atomic E-state index is 13.0. The SMILES string of the molecule is O=c1oc2ccccc2c2c1[C@@H](c1ccccc1)[C@H]([N+](=O)[O-])/C(=C/c1ccccc1)O2.O=c1oc2ccccc2c2c1[C@H](c1ccccc1)[C@@H]([N+](=O)[O-])/C(=C/c1ccccc1)O2. The van der Waals surface area contributed by atoms with Gasteiger partial charge in [-0.1, -0.05) is 146 Å². The molecule has 8 aromatic rings. The molecule has 62 heavy (non-hydrogen) atoms. The van der Waals surface area contributed by atoms with E-state index in [1.54, 1.807) is 97.1 Å². The monoisotopic (exact) mass is 822 g/mol. The number of nitro groups is 2. The Balaban J connectivity index is 0.000000158. The van der Waals surface area contributed by atoms with Crippen LogP contribution in [0.25, 0.3) is 34.1 Å². The second-order valence-corrected chi connectivity index (χ2v) is 14.6. The van der Waals surface area contributed by atoms with Gasteiger partial charge in [0, 0.05) is 9.85 Å². The van der Waals surface area contributed by atoms with Crippen LogP contribution in [-0.2, 0) is 0 Å². The average molecular weight is 823 g/mol. The highest BCUT2D eigenvalue weighted by Crippen LogP contribution is 2.46. The Morgan fingerprint density at radius 2 is 0.758 bits per heavy atom. The van der Waals surface area contributed by atoms with Gasteiger partial charge >= 0.3 is 11.3 Å². The fraction of sp³-hybridized carbons (Fsp3) is 0.0800. The minimum Gasteiger partial charge on any atom is -0.453 e. The van der Waals surface area contributed by atoms with E-state index in [-0.39, 0.29) is 22.6 Å². The third-order valence-electron chi connectivity index (χ3n) is 10.9. The third kappa shape index (κ3) is 7.41. The molecule has 4 heterocycles. The molecule has 0 bridgehead atoms. The summed E-state index contributed by atoms with van der Waals surface area (Å²) in [5.74, 6) is -0.741. The molecule has 6 aromatic carbocycles. The minimum atomic E-state index is -1.28. The largest absolute Gasteiger partial charge is 0.453 e. The first-order valence-corrected chi connectivity index (χ1v) is 19.6. The van der Waals surface area contributed by atoms with Crippen LogP contribution in [0.3, 0.4) is 0 Å². The molecule has 2 aromatic heterocycles. The summed E-state index contributed by atoms with van der Waals surface area (Å²) in [6.45, 7) is 0. The summed E-state index contributed by atoms with van der Waals surface area (Å²) in [6, 6.07) is 48.0. The predicted molar refractivity (Wildman–Crippen MR) is 233 cm³/mol. The molecule has 0 radical (unpaired) electrons. The second kappa shape index (κ2) is 16.7. The zero-order valence-corrected chi connectivity index (χ0v) is 32.6. The Hall–Kier alpha value is -8.38. The summed E-state index contributed by atoms with van der Waals surface area (Å²) in [4.78, 5) is 49.8. The van der Waals surface area contributed by atoms with Gasteiger partial charge in [0.05, 0.1) is 33.7 Å². The summed E-state index contributed by atoms with van der Waals surface area (Å²) in [5.41, 5.74) is 2.65. The van der Waals surface area contributed by atoms with Gasteiger partial charge in [0.25, 0.3) is 12.1 Å². The fourth-order valence-electron chi connectivity index (χ4n) is 8.16. The van der Waals surface area contributed by atoms with Gasteiger partial charge in [0.15, 0.2) is 11.5 Å². The molecular weight excluding hydrogens is 789 g/mol. The van der Waals surface area contributed by atoms with Crippen molar-refractivity contribution in [2.75, 3.05) is 0 Å². The van der Waals surface area contributed by atoms with Crippen LogP contribution in [0.4, 0.5) is 0 Å². The van der Waals surface area contributed by atoms with Crippen LogP contribution < -0.4 is 20.7 Å². The molecule has 2 aliphatic rings. The maximum absolute atomic E-state index is 13.0. The zero-order chi connectivity index (χ0) is 42.7. The molecule has 0 saturated heterocycles. The molecule has 0 fully saturated rings. The highest BCUT2D eigenvalue weighted by Gasteiger charge is 2.48. The number of ether oxygens (including phenoxy) is 2. The molecule has 12 heteroatoms. The molecule has 0 amide bonds. The molecule has 10 rings (SSSR count). The summed E-state index contributed by atoms with van der Waals surface area (Å²) < 4.78 is 23.3. The third-order valence-corrected chi connectivity index (χ3v) is 10.9. The highest BCUT2D eigenvalue weighted by atomic mass is 16.6. The Morgan fingerprint density at radius 3 is 1.11 bits per heavy atom. The van der Waals surface area contributed by atoms with Crippen LogP contribution in [0, 0.1) is 20.2 Å².